The van der Waals surface area contributed by atoms with E-state index in [1.165, 1.54) is 37.0 Å². The van der Waals surface area contributed by atoms with E-state index in [9.17, 15) is 23.5 Å². The Balaban J connectivity index is 1.60. The minimum Gasteiger partial charge on any atom is -0.480 e. The van der Waals surface area contributed by atoms with Crippen molar-refractivity contribution in [2.45, 2.75) is 57.7 Å². The van der Waals surface area contributed by atoms with Crippen LogP contribution in [0.15, 0.2) is 24.7 Å². The fourth-order valence-electron chi connectivity index (χ4n) is 3.40. The molecule has 2 unspecified atom stereocenters. The average molecular weight is 406 g/mol. The van der Waals surface area contributed by atoms with Crippen molar-refractivity contribution in [1.82, 2.24) is 14.9 Å². The van der Waals surface area contributed by atoms with Crippen LogP contribution >= 0.6 is 0 Å². The molecular formula is C20H24F2N4O3. The first-order valence-electron chi connectivity index (χ1n) is 9.39. The second-order valence-corrected chi connectivity index (χ2v) is 7.87. The summed E-state index contributed by atoms with van der Waals surface area (Å²) in [5.74, 6) is -2.25. The van der Waals surface area contributed by atoms with Gasteiger partial charge in [-0.3, -0.25) is 4.79 Å². The number of benzene rings is 1. The largest absolute Gasteiger partial charge is 0.480 e. The van der Waals surface area contributed by atoms with Crippen LogP contribution in [0.3, 0.4) is 0 Å². The summed E-state index contributed by atoms with van der Waals surface area (Å²) >= 11 is 0. The fourth-order valence-corrected chi connectivity index (χ4v) is 3.40. The molecule has 1 heterocycles. The Morgan fingerprint density at radius 2 is 2.07 bits per heavy atom. The van der Waals surface area contributed by atoms with Crippen molar-refractivity contribution in [2.24, 2.45) is 0 Å². The normalized spacial score (nSPS) is 17.5. The number of amides is 1. The van der Waals surface area contributed by atoms with Crippen molar-refractivity contribution in [1.29, 1.82) is 0 Å². The maximum Gasteiger partial charge on any atom is 0.329 e. The molecule has 7 nitrogen and oxygen atoms in total. The van der Waals surface area contributed by atoms with E-state index in [2.05, 4.69) is 15.6 Å². The van der Waals surface area contributed by atoms with E-state index in [-0.39, 0.29) is 17.8 Å². The number of carboxylic acid groups (broad SMARTS) is 1. The Morgan fingerprint density at radius 1 is 1.34 bits per heavy atom. The molecule has 0 bridgehead atoms. The molecule has 0 aliphatic heterocycles. The summed E-state index contributed by atoms with van der Waals surface area (Å²) in [6, 6.07) is 1.54. The van der Waals surface area contributed by atoms with Gasteiger partial charge in [-0.1, -0.05) is 0 Å². The van der Waals surface area contributed by atoms with E-state index in [0.29, 0.717) is 30.4 Å². The van der Waals surface area contributed by atoms with E-state index in [1.807, 2.05) is 0 Å². The van der Waals surface area contributed by atoms with Gasteiger partial charge in [0.2, 0.25) is 5.91 Å². The van der Waals surface area contributed by atoms with Crippen LogP contribution in [0.4, 0.5) is 14.6 Å². The Labute approximate surface area is 167 Å². The van der Waals surface area contributed by atoms with Gasteiger partial charge >= 0.3 is 5.97 Å². The molecule has 1 aromatic carbocycles. The minimum absolute atomic E-state index is 0.119. The Hall–Kier alpha value is -2.81. The zero-order valence-electron chi connectivity index (χ0n) is 16.5. The molecule has 2 atom stereocenters. The zero-order valence-corrected chi connectivity index (χ0v) is 16.5. The minimum atomic E-state index is -1.20. The lowest BCUT2D eigenvalue weighted by molar-refractivity contribution is -0.145. The zero-order chi connectivity index (χ0) is 21.3. The Morgan fingerprint density at radius 3 is 2.76 bits per heavy atom. The number of carboxylic acids is 1. The first-order valence-corrected chi connectivity index (χ1v) is 9.39. The summed E-state index contributed by atoms with van der Waals surface area (Å²) in [5.41, 5.74) is -0.0413. The Bertz CT molecular complexity index is 942. The number of hydrogen-bond acceptors (Lipinski definition) is 4. The molecule has 0 saturated carbocycles. The van der Waals surface area contributed by atoms with Crippen LogP contribution in [0, 0.1) is 11.6 Å². The predicted octanol–water partition coefficient (Wildman–Crippen LogP) is 2.46. The van der Waals surface area contributed by atoms with Crippen molar-refractivity contribution in [3.05, 3.63) is 47.4 Å². The molecule has 3 rings (SSSR count). The van der Waals surface area contributed by atoms with Gasteiger partial charge in [-0.15, -0.1) is 0 Å². The molecule has 0 saturated heterocycles. The van der Waals surface area contributed by atoms with Gasteiger partial charge in [0.15, 0.2) is 5.82 Å². The molecule has 0 fully saturated rings. The molecule has 1 aliphatic rings. The van der Waals surface area contributed by atoms with Crippen LogP contribution in [0.2, 0.25) is 0 Å². The van der Waals surface area contributed by atoms with Gasteiger partial charge in [0.05, 0.1) is 12.4 Å². The van der Waals surface area contributed by atoms with E-state index in [0.717, 1.165) is 6.07 Å². The fraction of sp³-hybridized carbons (Fsp3) is 0.450. The van der Waals surface area contributed by atoms with Crippen molar-refractivity contribution < 1.29 is 23.5 Å². The van der Waals surface area contributed by atoms with Crippen LogP contribution in [0.5, 0.6) is 0 Å². The highest BCUT2D eigenvalue weighted by Crippen LogP contribution is 2.25. The first kappa shape index (κ1) is 20.9. The van der Waals surface area contributed by atoms with Gasteiger partial charge in [-0.25, -0.2) is 18.6 Å². The highest BCUT2D eigenvalue weighted by molar-refractivity contribution is 5.93. The number of fused-ring (bicyclic) bond motifs is 1. The monoisotopic (exact) mass is 406 g/mol. The molecule has 9 heteroatoms. The quantitative estimate of drug-likeness (QED) is 0.685. The van der Waals surface area contributed by atoms with E-state index in [1.54, 1.807) is 6.92 Å². The van der Waals surface area contributed by atoms with Crippen LogP contribution < -0.4 is 10.6 Å². The van der Waals surface area contributed by atoms with Crippen molar-refractivity contribution in [3.63, 3.8) is 0 Å². The second kappa shape index (κ2) is 7.90. The molecule has 1 aromatic heterocycles. The smallest absolute Gasteiger partial charge is 0.329 e. The van der Waals surface area contributed by atoms with Crippen LogP contribution in [0.25, 0.3) is 0 Å². The topological polar surface area (TPSA) is 96.2 Å². The molecule has 0 spiro atoms. The molecule has 29 heavy (non-hydrogen) atoms. The number of aliphatic carboxylic acids is 1. The number of hydrogen-bond donors (Lipinski definition) is 3. The standard InChI is InChI=1S/C20H24F2N4O3/c1-11(18(27)25-17-9-26(10-23-17)20(2,3)19(28)29)24-14-5-4-12-6-13(21)7-16(22)15(12)8-14/h6-7,9-11,14,24H,4-5,8H2,1-3H3,(H,25,27)(H,28,29). The Kier molecular flexibility index (Phi) is 5.70. The molecule has 3 N–H and O–H groups in total. The summed E-state index contributed by atoms with van der Waals surface area (Å²) in [6.07, 6.45) is 4.38. The summed E-state index contributed by atoms with van der Waals surface area (Å²) in [6.45, 7) is 4.74. The summed E-state index contributed by atoms with van der Waals surface area (Å²) in [7, 11) is 0. The van der Waals surface area contributed by atoms with Gasteiger partial charge < -0.3 is 20.3 Å². The third-order valence-corrected chi connectivity index (χ3v) is 5.35. The number of carbonyl (C=O) groups is 2. The maximum absolute atomic E-state index is 14.0. The first-order chi connectivity index (χ1) is 13.6. The number of anilines is 1. The third-order valence-electron chi connectivity index (χ3n) is 5.35. The lowest BCUT2D eigenvalue weighted by Crippen LogP contribution is -2.46. The lowest BCUT2D eigenvalue weighted by atomic mass is 9.87. The third kappa shape index (κ3) is 4.45. The second-order valence-electron chi connectivity index (χ2n) is 7.87. The van der Waals surface area contributed by atoms with Gasteiger partial charge in [0, 0.05) is 18.3 Å². The number of aryl methyl sites for hydroxylation is 1. The van der Waals surface area contributed by atoms with Gasteiger partial charge in [0.25, 0.3) is 0 Å². The molecule has 1 aliphatic carbocycles. The number of carbonyl (C=O) groups excluding carboxylic acids is 1. The van der Waals surface area contributed by atoms with Crippen molar-refractivity contribution in [3.8, 4) is 0 Å². The highest BCUT2D eigenvalue weighted by atomic mass is 19.1. The van der Waals surface area contributed by atoms with Crippen LogP contribution in [0.1, 0.15) is 38.3 Å². The summed E-state index contributed by atoms with van der Waals surface area (Å²) in [4.78, 5) is 27.8. The number of halogens is 2. The molecule has 156 valence electrons. The molecule has 1 amide bonds. The number of aromatic nitrogens is 2. The van der Waals surface area contributed by atoms with Crippen LogP contribution in [-0.4, -0.2) is 38.6 Å². The predicted molar refractivity (Wildman–Crippen MR) is 103 cm³/mol. The lowest BCUT2D eigenvalue weighted by Gasteiger charge is -2.28. The molecular weight excluding hydrogens is 382 g/mol. The van der Waals surface area contributed by atoms with E-state index < -0.39 is 29.2 Å². The van der Waals surface area contributed by atoms with Gasteiger partial charge in [-0.2, -0.15) is 0 Å². The molecule has 2 aromatic rings. The maximum atomic E-state index is 14.0. The van der Waals surface area contributed by atoms with Gasteiger partial charge in [-0.05, 0) is 57.2 Å². The van der Waals surface area contributed by atoms with E-state index >= 15 is 0 Å². The van der Waals surface area contributed by atoms with Crippen molar-refractivity contribution >= 4 is 17.7 Å². The van der Waals surface area contributed by atoms with Gasteiger partial charge in [0.1, 0.15) is 17.2 Å². The van der Waals surface area contributed by atoms with Crippen molar-refractivity contribution in [2.75, 3.05) is 5.32 Å². The highest BCUT2D eigenvalue weighted by Gasteiger charge is 2.30. The number of imidazole rings is 1. The SMILES string of the molecule is CC(NC1CCc2cc(F)cc(F)c2C1)C(=O)Nc1cn(C(C)(C)C(=O)O)cn1. The average Bonchev–Trinajstić information content (AvgIpc) is 3.11. The van der Waals surface area contributed by atoms with Crippen LogP contribution in [-0.2, 0) is 28.0 Å². The summed E-state index contributed by atoms with van der Waals surface area (Å²) < 4.78 is 28.8. The molecule has 0 radical (unpaired) electrons. The summed E-state index contributed by atoms with van der Waals surface area (Å²) in [5, 5.41) is 15.1. The number of nitrogens with one attached hydrogen (secondary N) is 2. The van der Waals surface area contributed by atoms with E-state index in [4.69, 9.17) is 0 Å². The number of rotatable bonds is 6. The number of nitrogens with zero attached hydrogens (tertiary/aromatic N) is 2.